The van der Waals surface area contributed by atoms with Gasteiger partial charge in [-0.2, -0.15) is 0 Å². The molecule has 8 heteroatoms. The number of amides is 2. The van der Waals surface area contributed by atoms with E-state index in [-0.39, 0.29) is 23.8 Å². The second-order valence-corrected chi connectivity index (χ2v) is 10.5. The summed E-state index contributed by atoms with van der Waals surface area (Å²) in [5.74, 6) is -1.56. The maximum absolute atomic E-state index is 13.6. The summed E-state index contributed by atoms with van der Waals surface area (Å²) in [5.41, 5.74) is 2.71. The first-order chi connectivity index (χ1) is 18.5. The van der Waals surface area contributed by atoms with E-state index in [0.29, 0.717) is 5.57 Å². The third-order valence-electron chi connectivity index (χ3n) is 6.55. The van der Waals surface area contributed by atoms with Crippen molar-refractivity contribution < 1.29 is 23.3 Å². The number of nitrogens with one attached hydrogen (secondary N) is 1. The van der Waals surface area contributed by atoms with Gasteiger partial charge in [0.05, 0.1) is 23.0 Å². The molecule has 2 heterocycles. The van der Waals surface area contributed by atoms with Crippen LogP contribution in [-0.4, -0.2) is 44.1 Å². The van der Waals surface area contributed by atoms with Crippen molar-refractivity contribution in [2.24, 2.45) is 0 Å². The van der Waals surface area contributed by atoms with Crippen LogP contribution in [0.3, 0.4) is 0 Å². The Labute approximate surface area is 223 Å². The molecule has 7 nitrogen and oxygen atoms in total. The van der Waals surface area contributed by atoms with Crippen molar-refractivity contribution in [2.75, 3.05) is 5.75 Å². The van der Waals surface area contributed by atoms with E-state index in [0.717, 1.165) is 16.7 Å². The zero-order valence-electron chi connectivity index (χ0n) is 20.5. The van der Waals surface area contributed by atoms with Gasteiger partial charge in [0.1, 0.15) is 17.1 Å². The standard InChI is InChI=1S/C30H26N2O5S/c1-2-21-19-38(36)29-25(31-24(33)18-20-12-6-3-7-13-20)28(34)32(29)26(21)30(35)37-27(22-14-8-4-9-15-22)23-16-10-5-11-17-23/h2-17,25,27,29H,1,18-19H2,(H,31,33)/t25-,29-,38?/m1/s1. The lowest BCUT2D eigenvalue weighted by atomic mass is 10.0. The van der Waals surface area contributed by atoms with Crippen LogP contribution in [0.1, 0.15) is 22.8 Å². The van der Waals surface area contributed by atoms with Gasteiger partial charge in [0.15, 0.2) is 6.10 Å². The molecule has 38 heavy (non-hydrogen) atoms. The zero-order valence-corrected chi connectivity index (χ0v) is 21.3. The quantitative estimate of drug-likeness (QED) is 0.359. The Kier molecular flexibility index (Phi) is 7.33. The highest BCUT2D eigenvalue weighted by molar-refractivity contribution is 7.86. The van der Waals surface area contributed by atoms with Crippen molar-refractivity contribution >= 4 is 28.6 Å². The summed E-state index contributed by atoms with van der Waals surface area (Å²) in [4.78, 5) is 40.7. The summed E-state index contributed by atoms with van der Waals surface area (Å²) in [7, 11) is -1.54. The first-order valence-corrected chi connectivity index (χ1v) is 13.6. The molecule has 0 radical (unpaired) electrons. The summed E-state index contributed by atoms with van der Waals surface area (Å²) in [6, 6.07) is 26.8. The molecule has 0 saturated carbocycles. The number of rotatable bonds is 8. The Hall–Kier alpha value is -4.30. The molecule has 3 aromatic rings. The first-order valence-electron chi connectivity index (χ1n) is 12.2. The number of carbonyl (C=O) groups is 3. The molecule has 1 unspecified atom stereocenters. The molecule has 1 N–H and O–H groups in total. The third kappa shape index (κ3) is 4.95. The van der Waals surface area contributed by atoms with Crippen molar-refractivity contribution in [3.63, 3.8) is 0 Å². The van der Waals surface area contributed by atoms with E-state index in [2.05, 4.69) is 11.9 Å². The summed E-state index contributed by atoms with van der Waals surface area (Å²) in [6.45, 7) is 3.76. The smallest absolute Gasteiger partial charge is 0.356 e. The first kappa shape index (κ1) is 25.4. The fourth-order valence-corrected chi connectivity index (χ4v) is 6.37. The number of β-lactam (4-membered cyclic amide) rings is 1. The molecular weight excluding hydrogens is 500 g/mol. The van der Waals surface area contributed by atoms with Gasteiger partial charge in [-0.05, 0) is 22.3 Å². The normalized spacial score (nSPS) is 20.4. The minimum absolute atomic E-state index is 0.0139. The molecular formula is C30H26N2O5S. The molecule has 3 aromatic carbocycles. The van der Waals surface area contributed by atoms with Gasteiger partial charge in [-0.25, -0.2) is 4.79 Å². The minimum atomic E-state index is -1.54. The largest absolute Gasteiger partial charge is 0.448 e. The van der Waals surface area contributed by atoms with E-state index in [1.54, 1.807) is 0 Å². The van der Waals surface area contributed by atoms with E-state index in [9.17, 15) is 18.6 Å². The van der Waals surface area contributed by atoms with Crippen LogP contribution in [0, 0.1) is 0 Å². The third-order valence-corrected chi connectivity index (χ3v) is 8.17. The van der Waals surface area contributed by atoms with Gasteiger partial charge in [0, 0.05) is 0 Å². The molecule has 3 atom stereocenters. The predicted molar refractivity (Wildman–Crippen MR) is 144 cm³/mol. The maximum atomic E-state index is 13.6. The molecule has 1 fully saturated rings. The van der Waals surface area contributed by atoms with Crippen molar-refractivity contribution in [2.45, 2.75) is 23.9 Å². The van der Waals surface area contributed by atoms with E-state index < -0.39 is 40.2 Å². The van der Waals surface area contributed by atoms with Crippen LogP contribution >= 0.6 is 0 Å². The molecule has 192 valence electrons. The van der Waals surface area contributed by atoms with Crippen LogP contribution in [0.5, 0.6) is 0 Å². The average molecular weight is 527 g/mol. The van der Waals surface area contributed by atoms with E-state index in [1.807, 2.05) is 91.0 Å². The van der Waals surface area contributed by atoms with Crippen LogP contribution < -0.4 is 5.32 Å². The van der Waals surface area contributed by atoms with Crippen LogP contribution in [-0.2, 0) is 36.3 Å². The fraction of sp³-hybridized carbons (Fsp3) is 0.167. The number of carbonyl (C=O) groups excluding carboxylic acids is 3. The summed E-state index contributed by atoms with van der Waals surface area (Å²) in [6.07, 6.45) is 0.800. The SMILES string of the molecule is C=CC1=C(C(=O)OC(c2ccccc2)c2ccccc2)N2C(=O)[C@@H](NC(=O)Cc3ccccc3)[C@H]2S(=O)C1. The maximum Gasteiger partial charge on any atom is 0.356 e. The van der Waals surface area contributed by atoms with Crippen LogP contribution in [0.25, 0.3) is 0 Å². The van der Waals surface area contributed by atoms with Gasteiger partial charge in [-0.15, -0.1) is 0 Å². The molecule has 1 saturated heterocycles. The lowest BCUT2D eigenvalue weighted by Crippen LogP contribution is -2.73. The molecule has 2 aliphatic heterocycles. The van der Waals surface area contributed by atoms with Crippen molar-refractivity contribution in [1.29, 1.82) is 0 Å². The van der Waals surface area contributed by atoms with Crippen LogP contribution in [0.2, 0.25) is 0 Å². The van der Waals surface area contributed by atoms with Crippen molar-refractivity contribution in [3.8, 4) is 0 Å². The van der Waals surface area contributed by atoms with Gasteiger partial charge in [0.25, 0.3) is 5.91 Å². The van der Waals surface area contributed by atoms with E-state index in [4.69, 9.17) is 4.74 Å². The van der Waals surface area contributed by atoms with Gasteiger partial charge in [-0.3, -0.25) is 18.7 Å². The Balaban J connectivity index is 1.39. The molecule has 0 aromatic heterocycles. The van der Waals surface area contributed by atoms with Gasteiger partial charge in [0.2, 0.25) is 5.91 Å². The van der Waals surface area contributed by atoms with Crippen LogP contribution in [0.4, 0.5) is 0 Å². The molecule has 2 aliphatic rings. The summed E-state index contributed by atoms with van der Waals surface area (Å²) < 4.78 is 19.1. The van der Waals surface area contributed by atoms with Crippen LogP contribution in [0.15, 0.2) is 115 Å². The van der Waals surface area contributed by atoms with Gasteiger partial charge < -0.3 is 10.1 Å². The van der Waals surface area contributed by atoms with E-state index >= 15 is 0 Å². The Morgan fingerprint density at radius 1 is 0.974 bits per heavy atom. The zero-order chi connectivity index (χ0) is 26.6. The monoisotopic (exact) mass is 526 g/mol. The summed E-state index contributed by atoms with van der Waals surface area (Å²) in [5, 5.41) is 1.84. The Bertz CT molecular complexity index is 1380. The predicted octanol–water partition coefficient (Wildman–Crippen LogP) is 3.42. The highest BCUT2D eigenvalue weighted by Crippen LogP contribution is 2.37. The number of allylic oxidation sites excluding steroid dienone is 1. The summed E-state index contributed by atoms with van der Waals surface area (Å²) >= 11 is 0. The number of hydrogen-bond donors (Lipinski definition) is 1. The molecule has 5 rings (SSSR count). The second-order valence-electron chi connectivity index (χ2n) is 9.02. The highest BCUT2D eigenvalue weighted by atomic mass is 32.2. The number of esters is 1. The lowest BCUT2D eigenvalue weighted by molar-refractivity contribution is -0.154. The van der Waals surface area contributed by atoms with E-state index in [1.165, 1.54) is 11.0 Å². The number of benzene rings is 3. The Morgan fingerprint density at radius 3 is 2.08 bits per heavy atom. The number of hydrogen-bond acceptors (Lipinski definition) is 5. The number of ether oxygens (including phenoxy) is 1. The lowest BCUT2D eigenvalue weighted by Gasteiger charge is -2.49. The van der Waals surface area contributed by atoms with Gasteiger partial charge >= 0.3 is 5.97 Å². The minimum Gasteiger partial charge on any atom is -0.448 e. The molecule has 2 amide bonds. The number of nitrogens with zero attached hydrogens (tertiary/aromatic N) is 1. The second kappa shape index (κ2) is 11.0. The van der Waals surface area contributed by atoms with Crippen molar-refractivity contribution in [1.82, 2.24) is 10.2 Å². The Morgan fingerprint density at radius 2 is 1.53 bits per heavy atom. The molecule has 0 spiro atoms. The fourth-order valence-electron chi connectivity index (χ4n) is 4.70. The molecule has 0 bridgehead atoms. The number of fused-ring (bicyclic) bond motifs is 1. The molecule has 0 aliphatic carbocycles. The van der Waals surface area contributed by atoms with Gasteiger partial charge in [-0.1, -0.05) is 104 Å². The topological polar surface area (TPSA) is 92.8 Å². The average Bonchev–Trinajstić information content (AvgIpc) is 2.95. The van der Waals surface area contributed by atoms with Crippen molar-refractivity contribution in [3.05, 3.63) is 132 Å². The highest BCUT2D eigenvalue weighted by Gasteiger charge is 2.57.